The monoisotopic (exact) mass is 293 g/mol. The van der Waals surface area contributed by atoms with Crippen molar-refractivity contribution in [3.8, 4) is 0 Å². The van der Waals surface area contributed by atoms with E-state index in [-0.39, 0.29) is 24.1 Å². The van der Waals surface area contributed by atoms with Crippen LogP contribution in [0.15, 0.2) is 24.3 Å². The van der Waals surface area contributed by atoms with Crippen molar-refractivity contribution in [3.63, 3.8) is 0 Å². The standard InChI is InChI=1S/C16H20FNO3/c1-11-5-2-3-8-14(11)18-15(19)10-21-16(20)12-6-4-7-13(17)9-12/h4,6-7,9,11,14H,2-3,5,8,10H2,1H3,(H,18,19)/t11-,14-/m0/s1. The zero-order chi connectivity index (χ0) is 15.2. The molecule has 1 aliphatic carbocycles. The highest BCUT2D eigenvalue weighted by molar-refractivity contribution is 5.91. The number of halogens is 1. The lowest BCUT2D eigenvalue weighted by Crippen LogP contribution is -2.42. The summed E-state index contributed by atoms with van der Waals surface area (Å²) in [7, 11) is 0. The van der Waals surface area contributed by atoms with Gasteiger partial charge in [-0.25, -0.2) is 9.18 Å². The Labute approximate surface area is 123 Å². The fraction of sp³-hybridized carbons (Fsp3) is 0.500. The van der Waals surface area contributed by atoms with Gasteiger partial charge in [0, 0.05) is 6.04 Å². The molecular formula is C16H20FNO3. The van der Waals surface area contributed by atoms with Gasteiger partial charge in [0.05, 0.1) is 5.56 Å². The van der Waals surface area contributed by atoms with Gasteiger partial charge in [-0.05, 0) is 37.0 Å². The Kier molecular flexibility index (Phi) is 5.31. The molecule has 1 N–H and O–H groups in total. The van der Waals surface area contributed by atoms with Crippen LogP contribution in [0.2, 0.25) is 0 Å². The molecule has 114 valence electrons. The Morgan fingerprint density at radius 2 is 2.10 bits per heavy atom. The molecule has 1 aromatic rings. The minimum atomic E-state index is -0.693. The van der Waals surface area contributed by atoms with Gasteiger partial charge in [-0.15, -0.1) is 0 Å². The van der Waals surface area contributed by atoms with E-state index in [1.165, 1.54) is 24.6 Å². The lowest BCUT2D eigenvalue weighted by molar-refractivity contribution is -0.125. The highest BCUT2D eigenvalue weighted by Crippen LogP contribution is 2.23. The van der Waals surface area contributed by atoms with Gasteiger partial charge in [-0.2, -0.15) is 0 Å². The molecule has 0 unspecified atom stereocenters. The van der Waals surface area contributed by atoms with Crippen LogP contribution >= 0.6 is 0 Å². The maximum Gasteiger partial charge on any atom is 0.338 e. The van der Waals surface area contributed by atoms with E-state index in [4.69, 9.17) is 4.74 Å². The van der Waals surface area contributed by atoms with Crippen molar-refractivity contribution >= 4 is 11.9 Å². The first-order chi connectivity index (χ1) is 10.1. The van der Waals surface area contributed by atoms with Crippen molar-refractivity contribution < 1.29 is 18.7 Å². The number of hydrogen-bond donors (Lipinski definition) is 1. The molecule has 5 heteroatoms. The van der Waals surface area contributed by atoms with E-state index < -0.39 is 11.8 Å². The predicted molar refractivity (Wildman–Crippen MR) is 76.2 cm³/mol. The summed E-state index contributed by atoms with van der Waals surface area (Å²) < 4.78 is 17.9. The van der Waals surface area contributed by atoms with Crippen molar-refractivity contribution in [2.75, 3.05) is 6.61 Å². The van der Waals surface area contributed by atoms with Crippen molar-refractivity contribution in [2.45, 2.75) is 38.6 Å². The zero-order valence-corrected chi connectivity index (χ0v) is 12.1. The van der Waals surface area contributed by atoms with E-state index in [1.54, 1.807) is 0 Å². The van der Waals surface area contributed by atoms with Crippen LogP contribution < -0.4 is 5.32 Å². The summed E-state index contributed by atoms with van der Waals surface area (Å²) in [6.07, 6.45) is 4.37. The van der Waals surface area contributed by atoms with E-state index in [0.717, 1.165) is 25.3 Å². The Balaban J connectivity index is 1.79. The lowest BCUT2D eigenvalue weighted by Gasteiger charge is -2.29. The Morgan fingerprint density at radius 3 is 2.81 bits per heavy atom. The third kappa shape index (κ3) is 4.55. The molecule has 1 amide bonds. The molecule has 1 aromatic carbocycles. The highest BCUT2D eigenvalue weighted by Gasteiger charge is 2.23. The van der Waals surface area contributed by atoms with E-state index in [0.29, 0.717) is 5.92 Å². The fourth-order valence-electron chi connectivity index (χ4n) is 2.61. The Morgan fingerprint density at radius 1 is 1.33 bits per heavy atom. The van der Waals surface area contributed by atoms with Crippen LogP contribution in [-0.4, -0.2) is 24.5 Å². The molecule has 1 aliphatic rings. The first-order valence-electron chi connectivity index (χ1n) is 7.28. The second-order valence-corrected chi connectivity index (χ2v) is 5.52. The molecule has 2 atom stereocenters. The number of carbonyl (C=O) groups is 2. The van der Waals surface area contributed by atoms with E-state index in [9.17, 15) is 14.0 Å². The zero-order valence-electron chi connectivity index (χ0n) is 12.1. The topological polar surface area (TPSA) is 55.4 Å². The summed E-state index contributed by atoms with van der Waals surface area (Å²) in [5.74, 6) is -1.06. The summed E-state index contributed by atoms with van der Waals surface area (Å²) in [4.78, 5) is 23.5. The predicted octanol–water partition coefficient (Wildman–Crippen LogP) is 2.68. The van der Waals surface area contributed by atoms with Gasteiger partial charge in [0.1, 0.15) is 5.82 Å². The van der Waals surface area contributed by atoms with Crippen LogP contribution in [0.3, 0.4) is 0 Å². The van der Waals surface area contributed by atoms with Gasteiger partial charge < -0.3 is 10.1 Å². The number of esters is 1. The summed E-state index contributed by atoms with van der Waals surface area (Å²) in [5, 5.41) is 2.90. The third-order valence-electron chi connectivity index (χ3n) is 3.85. The number of hydrogen-bond acceptors (Lipinski definition) is 3. The molecule has 0 radical (unpaired) electrons. The van der Waals surface area contributed by atoms with Crippen molar-refractivity contribution in [1.82, 2.24) is 5.32 Å². The minimum Gasteiger partial charge on any atom is -0.452 e. The van der Waals surface area contributed by atoms with Gasteiger partial charge in [-0.3, -0.25) is 4.79 Å². The van der Waals surface area contributed by atoms with Crippen molar-refractivity contribution in [2.24, 2.45) is 5.92 Å². The maximum absolute atomic E-state index is 13.0. The van der Waals surface area contributed by atoms with Crippen LogP contribution in [0.25, 0.3) is 0 Å². The average Bonchev–Trinajstić information content (AvgIpc) is 2.47. The molecule has 0 spiro atoms. The first kappa shape index (κ1) is 15.5. The van der Waals surface area contributed by atoms with Crippen molar-refractivity contribution in [3.05, 3.63) is 35.6 Å². The van der Waals surface area contributed by atoms with Crippen LogP contribution in [0.1, 0.15) is 43.0 Å². The molecule has 0 aromatic heterocycles. The number of amides is 1. The molecule has 0 aliphatic heterocycles. The first-order valence-corrected chi connectivity index (χ1v) is 7.28. The molecule has 1 fully saturated rings. The molecular weight excluding hydrogens is 273 g/mol. The largest absolute Gasteiger partial charge is 0.452 e. The van der Waals surface area contributed by atoms with Gasteiger partial charge in [0.25, 0.3) is 5.91 Å². The third-order valence-corrected chi connectivity index (χ3v) is 3.85. The number of nitrogens with one attached hydrogen (secondary N) is 1. The van der Waals surface area contributed by atoms with E-state index in [1.807, 2.05) is 0 Å². The molecule has 21 heavy (non-hydrogen) atoms. The lowest BCUT2D eigenvalue weighted by atomic mass is 9.86. The second kappa shape index (κ2) is 7.20. The summed E-state index contributed by atoms with van der Waals surface area (Å²) in [5.41, 5.74) is 0.105. The molecule has 0 heterocycles. The SMILES string of the molecule is C[C@H]1CCCC[C@@H]1NC(=O)COC(=O)c1cccc(F)c1. The number of benzene rings is 1. The Bertz CT molecular complexity index is 518. The van der Waals surface area contributed by atoms with E-state index >= 15 is 0 Å². The fourth-order valence-corrected chi connectivity index (χ4v) is 2.61. The summed E-state index contributed by atoms with van der Waals surface area (Å²) in [6, 6.07) is 5.36. The average molecular weight is 293 g/mol. The summed E-state index contributed by atoms with van der Waals surface area (Å²) in [6.45, 7) is 1.78. The molecule has 1 saturated carbocycles. The molecule has 0 saturated heterocycles. The van der Waals surface area contributed by atoms with Crippen LogP contribution in [0.4, 0.5) is 4.39 Å². The highest BCUT2D eigenvalue weighted by atomic mass is 19.1. The molecule has 0 bridgehead atoms. The number of ether oxygens (including phenoxy) is 1. The van der Waals surface area contributed by atoms with Crippen LogP contribution in [-0.2, 0) is 9.53 Å². The smallest absolute Gasteiger partial charge is 0.338 e. The van der Waals surface area contributed by atoms with Gasteiger partial charge in [0.2, 0.25) is 0 Å². The molecule has 2 rings (SSSR count). The van der Waals surface area contributed by atoms with E-state index in [2.05, 4.69) is 12.2 Å². The van der Waals surface area contributed by atoms with Crippen LogP contribution in [0.5, 0.6) is 0 Å². The normalized spacial score (nSPS) is 21.6. The van der Waals surface area contributed by atoms with Gasteiger partial charge >= 0.3 is 5.97 Å². The van der Waals surface area contributed by atoms with Gasteiger partial charge in [0.15, 0.2) is 6.61 Å². The Hall–Kier alpha value is -1.91. The van der Waals surface area contributed by atoms with Crippen LogP contribution in [0, 0.1) is 11.7 Å². The minimum absolute atomic E-state index is 0.105. The quantitative estimate of drug-likeness (QED) is 0.868. The van der Waals surface area contributed by atoms with Crippen molar-refractivity contribution in [1.29, 1.82) is 0 Å². The molecule has 4 nitrogen and oxygen atoms in total. The number of carbonyl (C=O) groups excluding carboxylic acids is 2. The maximum atomic E-state index is 13.0. The summed E-state index contributed by atoms with van der Waals surface area (Å²) >= 11 is 0. The number of rotatable bonds is 4. The second-order valence-electron chi connectivity index (χ2n) is 5.52. The van der Waals surface area contributed by atoms with Gasteiger partial charge in [-0.1, -0.05) is 25.8 Å².